The van der Waals surface area contributed by atoms with Gasteiger partial charge in [-0.1, -0.05) is 6.42 Å². The lowest BCUT2D eigenvalue weighted by molar-refractivity contribution is 0.0690. The van der Waals surface area contributed by atoms with Crippen LogP contribution < -0.4 is 10.6 Å². The molecule has 3 rings (SSSR count). The average molecular weight is 247 g/mol. The lowest BCUT2D eigenvalue weighted by Gasteiger charge is -2.20. The highest BCUT2D eigenvalue weighted by molar-refractivity contribution is 5.87. The highest BCUT2D eigenvalue weighted by Crippen LogP contribution is 2.40. The van der Waals surface area contributed by atoms with E-state index in [-0.39, 0.29) is 5.69 Å². The zero-order valence-electron chi connectivity index (χ0n) is 10.2. The highest BCUT2D eigenvalue weighted by Gasteiger charge is 2.37. The molecule has 0 bridgehead atoms. The summed E-state index contributed by atoms with van der Waals surface area (Å²) in [5, 5.41) is 8.98. The largest absolute Gasteiger partial charge is 0.477 e. The lowest BCUT2D eigenvalue weighted by atomic mass is 10.0. The summed E-state index contributed by atoms with van der Waals surface area (Å²) < 4.78 is 0. The summed E-state index contributed by atoms with van der Waals surface area (Å²) in [6.45, 7) is 1.93. The summed E-state index contributed by atoms with van der Waals surface area (Å²) in [7, 11) is 0. The van der Waals surface area contributed by atoms with E-state index < -0.39 is 5.97 Å². The summed E-state index contributed by atoms with van der Waals surface area (Å²) >= 11 is 0. The van der Waals surface area contributed by atoms with E-state index in [0.717, 1.165) is 24.9 Å². The Morgan fingerprint density at radius 2 is 2.00 bits per heavy atom. The van der Waals surface area contributed by atoms with Crippen molar-refractivity contribution in [3.63, 3.8) is 0 Å². The highest BCUT2D eigenvalue weighted by atomic mass is 16.4. The summed E-state index contributed by atoms with van der Waals surface area (Å²) in [6, 6.07) is 3.10. The molecule has 18 heavy (non-hydrogen) atoms. The zero-order chi connectivity index (χ0) is 12.7. The fraction of sp³-hybridized carbons (Fsp3) is 0.538. The van der Waals surface area contributed by atoms with Gasteiger partial charge in [0.05, 0.1) is 5.69 Å². The third-order valence-corrected chi connectivity index (χ3v) is 4.15. The van der Waals surface area contributed by atoms with Crippen LogP contribution >= 0.6 is 0 Å². The van der Waals surface area contributed by atoms with Crippen molar-refractivity contribution in [1.82, 2.24) is 4.98 Å². The zero-order valence-corrected chi connectivity index (χ0v) is 10.2. The Hall–Kier alpha value is -1.78. The molecule has 2 heterocycles. The van der Waals surface area contributed by atoms with Crippen molar-refractivity contribution >= 4 is 17.5 Å². The number of nitrogen functional groups attached to an aromatic ring is 1. The molecule has 2 atom stereocenters. The maximum atomic E-state index is 11.0. The van der Waals surface area contributed by atoms with Crippen LogP contribution in [-0.2, 0) is 0 Å². The molecule has 1 saturated carbocycles. The Kier molecular flexibility index (Phi) is 2.61. The topological polar surface area (TPSA) is 79.5 Å². The van der Waals surface area contributed by atoms with Crippen LogP contribution in [0.4, 0.5) is 11.5 Å². The molecule has 96 valence electrons. The van der Waals surface area contributed by atoms with Crippen LogP contribution in [0.2, 0.25) is 0 Å². The van der Waals surface area contributed by atoms with Crippen molar-refractivity contribution < 1.29 is 9.90 Å². The van der Waals surface area contributed by atoms with Crippen molar-refractivity contribution in [1.29, 1.82) is 0 Å². The molecular weight excluding hydrogens is 230 g/mol. The van der Waals surface area contributed by atoms with Gasteiger partial charge >= 0.3 is 5.97 Å². The van der Waals surface area contributed by atoms with Gasteiger partial charge in [0.25, 0.3) is 0 Å². The fourth-order valence-electron chi connectivity index (χ4n) is 3.24. The number of carboxylic acids is 1. The van der Waals surface area contributed by atoms with E-state index in [9.17, 15) is 4.79 Å². The number of carbonyl (C=O) groups is 1. The molecular formula is C13H17N3O2. The van der Waals surface area contributed by atoms with Gasteiger partial charge in [-0.15, -0.1) is 0 Å². The lowest BCUT2D eigenvalue weighted by Crippen LogP contribution is -2.24. The number of pyridine rings is 1. The van der Waals surface area contributed by atoms with Gasteiger partial charge in [0.15, 0.2) is 11.5 Å². The van der Waals surface area contributed by atoms with Gasteiger partial charge in [0.2, 0.25) is 0 Å². The van der Waals surface area contributed by atoms with Crippen LogP contribution in [-0.4, -0.2) is 29.1 Å². The van der Waals surface area contributed by atoms with E-state index in [1.54, 1.807) is 6.07 Å². The molecule has 5 nitrogen and oxygen atoms in total. The smallest absolute Gasteiger partial charge is 0.354 e. The first-order valence-electron chi connectivity index (χ1n) is 6.40. The fourth-order valence-corrected chi connectivity index (χ4v) is 3.24. The monoisotopic (exact) mass is 247 g/mol. The van der Waals surface area contributed by atoms with Gasteiger partial charge < -0.3 is 15.7 Å². The molecule has 0 radical (unpaired) electrons. The van der Waals surface area contributed by atoms with Crippen LogP contribution in [0, 0.1) is 11.8 Å². The first-order chi connectivity index (χ1) is 8.65. The van der Waals surface area contributed by atoms with E-state index >= 15 is 0 Å². The molecule has 3 N–H and O–H groups in total. The molecule has 1 aliphatic carbocycles. The van der Waals surface area contributed by atoms with Crippen LogP contribution in [0.3, 0.4) is 0 Å². The predicted molar refractivity (Wildman–Crippen MR) is 68.7 cm³/mol. The average Bonchev–Trinajstić information content (AvgIpc) is 2.89. The molecule has 5 heteroatoms. The number of nitrogens with two attached hydrogens (primary N) is 1. The van der Waals surface area contributed by atoms with E-state index in [4.69, 9.17) is 10.8 Å². The minimum atomic E-state index is -1.00. The van der Waals surface area contributed by atoms with Gasteiger partial charge in [-0.2, -0.15) is 0 Å². The number of fused-ring (bicyclic) bond motifs is 1. The Balaban J connectivity index is 1.88. The molecule has 0 amide bonds. The number of rotatable bonds is 2. The van der Waals surface area contributed by atoms with Crippen molar-refractivity contribution in [3.05, 3.63) is 17.8 Å². The Bertz CT molecular complexity index is 477. The molecule has 1 saturated heterocycles. The van der Waals surface area contributed by atoms with Crippen molar-refractivity contribution in [2.24, 2.45) is 11.8 Å². The number of aromatic nitrogens is 1. The van der Waals surface area contributed by atoms with Crippen molar-refractivity contribution in [3.8, 4) is 0 Å². The van der Waals surface area contributed by atoms with E-state index in [1.165, 1.54) is 25.3 Å². The third-order valence-electron chi connectivity index (χ3n) is 4.15. The molecule has 2 aliphatic rings. The first-order valence-corrected chi connectivity index (χ1v) is 6.40. The van der Waals surface area contributed by atoms with Gasteiger partial charge in [0, 0.05) is 13.1 Å². The summed E-state index contributed by atoms with van der Waals surface area (Å²) in [4.78, 5) is 17.3. The van der Waals surface area contributed by atoms with Gasteiger partial charge in [0.1, 0.15) is 0 Å². The van der Waals surface area contributed by atoms with Gasteiger partial charge in [-0.3, -0.25) is 0 Å². The number of aromatic carboxylic acids is 1. The summed E-state index contributed by atoms with van der Waals surface area (Å²) in [5.41, 5.74) is 6.56. The maximum Gasteiger partial charge on any atom is 0.354 e. The molecule has 1 aliphatic heterocycles. The number of anilines is 2. The minimum absolute atomic E-state index is 0.0660. The maximum absolute atomic E-state index is 11.0. The van der Waals surface area contributed by atoms with Crippen LogP contribution in [0.15, 0.2) is 12.1 Å². The second kappa shape index (κ2) is 4.15. The second-order valence-corrected chi connectivity index (χ2v) is 5.27. The van der Waals surface area contributed by atoms with Crippen LogP contribution in [0.25, 0.3) is 0 Å². The van der Waals surface area contributed by atoms with Crippen molar-refractivity contribution in [2.75, 3.05) is 23.7 Å². The summed E-state index contributed by atoms with van der Waals surface area (Å²) in [6.07, 6.45) is 3.88. The molecule has 2 unspecified atom stereocenters. The Labute approximate surface area is 106 Å². The standard InChI is InChI=1S/C13H17N3O2/c14-10-4-5-11(13(17)18)15-12(10)16-6-8-2-1-3-9(8)7-16/h4-5,8-9H,1-3,6-7,14H2,(H,17,18). The SMILES string of the molecule is Nc1ccc(C(=O)O)nc1N1CC2CCCC2C1. The molecule has 1 aromatic heterocycles. The summed E-state index contributed by atoms with van der Waals surface area (Å²) in [5.74, 6) is 1.11. The van der Waals surface area contributed by atoms with Crippen LogP contribution in [0.5, 0.6) is 0 Å². The van der Waals surface area contributed by atoms with Crippen LogP contribution in [0.1, 0.15) is 29.8 Å². The Morgan fingerprint density at radius 3 is 2.61 bits per heavy atom. The number of carboxylic acid groups (broad SMARTS) is 1. The molecule has 0 spiro atoms. The predicted octanol–water partition coefficient (Wildman–Crippen LogP) is 1.60. The molecule has 0 aromatic carbocycles. The number of hydrogen-bond donors (Lipinski definition) is 2. The van der Waals surface area contributed by atoms with E-state index in [2.05, 4.69) is 9.88 Å². The van der Waals surface area contributed by atoms with E-state index in [1.807, 2.05) is 0 Å². The number of hydrogen-bond acceptors (Lipinski definition) is 4. The quantitative estimate of drug-likeness (QED) is 0.829. The second-order valence-electron chi connectivity index (χ2n) is 5.27. The van der Waals surface area contributed by atoms with Gasteiger partial charge in [-0.05, 0) is 36.8 Å². The normalized spacial score (nSPS) is 26.3. The van der Waals surface area contributed by atoms with Gasteiger partial charge in [-0.25, -0.2) is 9.78 Å². The van der Waals surface area contributed by atoms with E-state index in [0.29, 0.717) is 11.5 Å². The Morgan fingerprint density at radius 1 is 1.33 bits per heavy atom. The third kappa shape index (κ3) is 1.79. The number of nitrogens with zero attached hydrogens (tertiary/aromatic N) is 2. The first kappa shape index (κ1) is 11.3. The minimum Gasteiger partial charge on any atom is -0.477 e. The van der Waals surface area contributed by atoms with Crippen molar-refractivity contribution in [2.45, 2.75) is 19.3 Å². The molecule has 1 aromatic rings. The molecule has 2 fully saturated rings.